The van der Waals surface area contributed by atoms with Crippen LogP contribution in [0.1, 0.15) is 83.3 Å². The molecule has 6 aromatic carbocycles. The molecule has 2 amide bonds. The van der Waals surface area contributed by atoms with Gasteiger partial charge in [0.25, 0.3) is 23.3 Å². The minimum atomic E-state index is -0.923. The van der Waals surface area contributed by atoms with Crippen molar-refractivity contribution in [2.75, 3.05) is 10.6 Å². The van der Waals surface area contributed by atoms with Gasteiger partial charge in [0.05, 0.1) is 22.3 Å². The van der Waals surface area contributed by atoms with Crippen LogP contribution in [0, 0.1) is 27.7 Å². The van der Waals surface area contributed by atoms with Crippen LogP contribution in [0.15, 0.2) is 141 Å². The lowest BCUT2D eigenvalue weighted by atomic mass is 10.0. The van der Waals surface area contributed by atoms with Crippen LogP contribution in [-0.4, -0.2) is 53.4 Å². The lowest BCUT2D eigenvalue weighted by molar-refractivity contribution is -0.790. The molecule has 0 aliphatic carbocycles. The average molecular weight is 907 g/mol. The number of rotatable bonds is 4. The van der Waals surface area contributed by atoms with E-state index in [1.807, 2.05) is 13.8 Å². The van der Waals surface area contributed by atoms with Crippen LogP contribution in [0.3, 0.4) is 0 Å². The van der Waals surface area contributed by atoms with E-state index in [0.29, 0.717) is 0 Å². The molecular weight excluding hydrogens is 857 g/mol. The highest BCUT2D eigenvalue weighted by Crippen LogP contribution is 2.52. The van der Waals surface area contributed by atoms with Crippen LogP contribution >= 0.6 is 0 Å². The Morgan fingerprint density at radius 3 is 1.28 bits per heavy atom. The predicted octanol–water partition coefficient (Wildman–Crippen LogP) is 9.36. The van der Waals surface area contributed by atoms with Crippen LogP contribution in [0.5, 0.6) is 0 Å². The van der Waals surface area contributed by atoms with Crippen molar-refractivity contribution in [1.82, 2.24) is 9.13 Å². The summed E-state index contributed by atoms with van der Waals surface area (Å²) in [4.78, 5) is 43.7. The number of hydrogen-bond donors (Lipinski definition) is 2. The summed E-state index contributed by atoms with van der Waals surface area (Å²) in [6.07, 6.45) is 1.89. The van der Waals surface area contributed by atoms with E-state index in [1.165, 1.54) is 22.3 Å². The van der Waals surface area contributed by atoms with Gasteiger partial charge in [0.15, 0.2) is 0 Å². The predicted molar refractivity (Wildman–Crippen MR) is 273 cm³/mol. The van der Waals surface area contributed by atoms with E-state index < -0.39 is 5.91 Å². The zero-order chi connectivity index (χ0) is 47.6. The minimum Gasteiger partial charge on any atom is -0.326 e. The minimum absolute atomic E-state index is 0.00773. The summed E-state index contributed by atoms with van der Waals surface area (Å²) in [5.74, 6) is 4.45. The molecule has 8 aromatic rings. The molecule has 8 heterocycles. The summed E-state index contributed by atoms with van der Waals surface area (Å²) in [6.45, 7) is 15.5. The number of anilines is 2. The monoisotopic (exact) mass is 906 g/mol. The molecule has 0 bridgehead atoms. The molecule has 0 atom stereocenters. The molecular formula is C57H50N10O2+2. The SMILES string of the molecule is CCc1cc(C)cc(C)c1NC(C)=O.CCc1cc(C)cc(C)c1NC(C)=O.c1ccc2c(c1)C1=Nc3c4ccccc4c4n3C35n6c(c7ccccc7c6=NC6=[N+]3C(=N4)c3ccccc36)=NC2=[N+]15. The highest BCUT2D eigenvalue weighted by molar-refractivity contribution is 6.20. The molecule has 2 N–H and O–H groups in total. The van der Waals surface area contributed by atoms with Crippen LogP contribution in [0.25, 0.3) is 21.5 Å². The van der Waals surface area contributed by atoms with Crippen LogP contribution in [0.4, 0.5) is 23.0 Å². The first-order valence-corrected chi connectivity index (χ1v) is 23.6. The van der Waals surface area contributed by atoms with Crippen molar-refractivity contribution in [1.29, 1.82) is 0 Å². The number of nitrogens with zero attached hydrogens (tertiary/aromatic N) is 8. The number of amides is 2. The van der Waals surface area contributed by atoms with E-state index in [4.69, 9.17) is 20.0 Å². The first-order valence-electron chi connectivity index (χ1n) is 23.6. The Labute approximate surface area is 398 Å². The molecule has 2 aromatic heterocycles. The number of aryl methyl sites for hydroxylation is 6. The van der Waals surface area contributed by atoms with Gasteiger partial charge in [-0.2, -0.15) is 9.13 Å². The average Bonchev–Trinajstić information content (AvgIpc) is 4.06. The number of hydrogen-bond acceptors (Lipinski definition) is 6. The highest BCUT2D eigenvalue weighted by atomic mass is 16.2. The molecule has 0 radical (unpaired) electrons. The normalized spacial score (nSPS) is 15.0. The Hall–Kier alpha value is -8.38. The lowest BCUT2D eigenvalue weighted by Crippen LogP contribution is -2.71. The Balaban J connectivity index is 0.000000146. The van der Waals surface area contributed by atoms with E-state index in [2.05, 4.69) is 178 Å². The second-order valence-corrected chi connectivity index (χ2v) is 18.5. The maximum absolute atomic E-state index is 11.0. The first-order chi connectivity index (χ1) is 33.4. The van der Waals surface area contributed by atoms with Crippen molar-refractivity contribution < 1.29 is 18.7 Å². The summed E-state index contributed by atoms with van der Waals surface area (Å²) in [5.41, 5.74) is 15.3. The zero-order valence-electron chi connectivity index (χ0n) is 39.9. The van der Waals surface area contributed by atoms with Gasteiger partial charge in [0.2, 0.25) is 34.4 Å². The molecule has 14 rings (SSSR count). The maximum atomic E-state index is 11.0. The molecule has 0 saturated heterocycles. The van der Waals surface area contributed by atoms with E-state index in [-0.39, 0.29) is 11.8 Å². The van der Waals surface area contributed by atoms with Gasteiger partial charge in [-0.15, -0.1) is 9.15 Å². The quantitative estimate of drug-likeness (QED) is 0.171. The molecule has 12 heteroatoms. The Bertz CT molecular complexity index is 3690. The van der Waals surface area contributed by atoms with E-state index in [9.17, 15) is 9.59 Å². The summed E-state index contributed by atoms with van der Waals surface area (Å²) in [6, 6.07) is 42.4. The molecule has 6 aliphatic rings. The largest absolute Gasteiger partial charge is 0.404 e. The fraction of sp³-hybridized carbons (Fsp3) is 0.193. The fourth-order valence-electron chi connectivity index (χ4n) is 11.3. The van der Waals surface area contributed by atoms with E-state index in [0.717, 1.165) is 125 Å². The molecule has 0 saturated carbocycles. The summed E-state index contributed by atoms with van der Waals surface area (Å²) >= 11 is 0. The smallest absolute Gasteiger partial charge is 0.326 e. The van der Waals surface area contributed by atoms with Crippen LogP contribution < -0.4 is 21.6 Å². The van der Waals surface area contributed by atoms with Gasteiger partial charge in [0.1, 0.15) is 0 Å². The molecule has 69 heavy (non-hydrogen) atoms. The van der Waals surface area contributed by atoms with Crippen molar-refractivity contribution in [3.8, 4) is 0 Å². The van der Waals surface area contributed by atoms with Gasteiger partial charge in [-0.05, 0) is 111 Å². The molecule has 0 fully saturated rings. The second-order valence-electron chi connectivity index (χ2n) is 18.5. The van der Waals surface area contributed by atoms with Crippen molar-refractivity contribution in [2.24, 2.45) is 20.0 Å². The highest BCUT2D eigenvalue weighted by Gasteiger charge is 2.69. The number of nitrogens with one attached hydrogen (secondary N) is 2. The number of fused-ring (bicyclic) bond motifs is 12. The number of carbonyl (C=O) groups excluding carboxylic acids is 2. The van der Waals surface area contributed by atoms with Gasteiger partial charge in [-0.25, -0.2) is 0 Å². The summed E-state index contributed by atoms with van der Waals surface area (Å²) in [7, 11) is 0. The van der Waals surface area contributed by atoms with E-state index >= 15 is 0 Å². The van der Waals surface area contributed by atoms with Crippen molar-refractivity contribution in [3.05, 3.63) is 188 Å². The topological polar surface area (TPSA) is 124 Å². The number of carbonyl (C=O) groups is 2. The molecule has 338 valence electrons. The van der Waals surface area contributed by atoms with Crippen molar-refractivity contribution in [3.63, 3.8) is 0 Å². The van der Waals surface area contributed by atoms with Crippen LogP contribution in [0.2, 0.25) is 0 Å². The van der Waals surface area contributed by atoms with Gasteiger partial charge >= 0.3 is 5.91 Å². The van der Waals surface area contributed by atoms with Gasteiger partial charge < -0.3 is 10.6 Å². The third-order valence-electron chi connectivity index (χ3n) is 13.9. The van der Waals surface area contributed by atoms with Crippen molar-refractivity contribution in [2.45, 2.75) is 74.1 Å². The van der Waals surface area contributed by atoms with E-state index in [1.54, 1.807) is 13.8 Å². The maximum Gasteiger partial charge on any atom is 0.404 e. The molecule has 6 aliphatic heterocycles. The van der Waals surface area contributed by atoms with Gasteiger partial charge in [-0.3, -0.25) is 9.59 Å². The number of amidine groups is 4. The van der Waals surface area contributed by atoms with Gasteiger partial charge in [0, 0.05) is 46.8 Å². The zero-order valence-corrected chi connectivity index (χ0v) is 39.9. The molecule has 1 spiro atoms. The lowest BCUT2D eigenvalue weighted by Gasteiger charge is -2.40. The Kier molecular flexibility index (Phi) is 9.33. The third kappa shape index (κ3) is 5.87. The number of aromatic nitrogens is 2. The fourth-order valence-corrected chi connectivity index (χ4v) is 11.3. The molecule has 12 nitrogen and oxygen atoms in total. The second kappa shape index (κ2) is 15.3. The van der Waals surface area contributed by atoms with Gasteiger partial charge in [-0.1, -0.05) is 118 Å². The van der Waals surface area contributed by atoms with Crippen molar-refractivity contribution >= 4 is 79.7 Å². The first kappa shape index (κ1) is 42.0. The third-order valence-corrected chi connectivity index (χ3v) is 13.9. The summed E-state index contributed by atoms with van der Waals surface area (Å²) < 4.78 is 9.32. The standard InChI is InChI=1S/C33H16N8.2C12H17NO/c1-2-10-18-17(9-1)25-34-27-19-11-3-4-12-20(19)29-36-31-23-15-7-8-16-24(23)32-37-30-22-14-6-5-13-21(22)28-35-26(18)38(25)33(39(27)29,40(28)30)41(31)32;2*1-5-11-7-8(2)6-9(3)12(11)13-10(4)14/h1-16H;2*6-7H,5H2,1-4H3,(H,13,14)/q+2;;. The number of aliphatic imine (C=N–C) groups is 2. The summed E-state index contributed by atoms with van der Waals surface area (Å²) in [5, 5.41) is 10.1. The molecule has 0 unspecified atom stereocenters. The number of benzene rings is 6. The Morgan fingerprint density at radius 1 is 0.507 bits per heavy atom. The Morgan fingerprint density at radius 2 is 0.884 bits per heavy atom. The van der Waals surface area contributed by atoms with Crippen LogP contribution in [-0.2, 0) is 28.3 Å².